The molecule has 3 aliphatic rings. The molecule has 4 rings (SSSR count). The summed E-state index contributed by atoms with van der Waals surface area (Å²) in [6, 6.07) is -0.843. The molecule has 4 heterocycles. The first-order valence-electron chi connectivity index (χ1n) is 11.0. The van der Waals surface area contributed by atoms with Gasteiger partial charge in [-0.2, -0.15) is 0 Å². The highest BCUT2D eigenvalue weighted by Gasteiger charge is 2.54. The van der Waals surface area contributed by atoms with Gasteiger partial charge in [0.15, 0.2) is 0 Å². The summed E-state index contributed by atoms with van der Waals surface area (Å²) in [6.45, 7) is 8.75. The summed E-state index contributed by atoms with van der Waals surface area (Å²) in [5.74, 6) is 1.10. The molecule has 0 saturated carbocycles. The number of likely N-dealkylation sites (tertiary alicyclic amines) is 1. The number of imidazole rings is 1. The number of aliphatic imine (C=N–C) groups is 1. The molecule has 1 aromatic rings. The van der Waals surface area contributed by atoms with Crippen molar-refractivity contribution in [1.29, 1.82) is 0 Å². The first kappa shape index (κ1) is 21.0. The second kappa shape index (κ2) is 8.47. The van der Waals surface area contributed by atoms with Crippen LogP contribution in [0.25, 0.3) is 0 Å². The summed E-state index contributed by atoms with van der Waals surface area (Å²) in [5.41, 5.74) is 2.11. The number of hydrogen-bond acceptors (Lipinski definition) is 5. The molecule has 9 nitrogen and oxygen atoms in total. The number of nitrogens with zero attached hydrogens (tertiary/aromatic N) is 6. The Morgan fingerprint density at radius 2 is 1.87 bits per heavy atom. The number of likely N-dealkylation sites (N-methyl/N-ethyl adjacent to an activating group) is 1. The van der Waals surface area contributed by atoms with Gasteiger partial charge < -0.3 is 9.64 Å². The average Bonchev–Trinajstić information content (AvgIpc) is 3.24. The molecular formula is C21H33N6O3+. The molecule has 9 heteroatoms. The van der Waals surface area contributed by atoms with E-state index in [2.05, 4.69) is 16.4 Å². The minimum atomic E-state index is -0.563. The Balaban J connectivity index is 1.59. The van der Waals surface area contributed by atoms with Crippen LogP contribution in [-0.2, 0) is 16.1 Å². The van der Waals surface area contributed by atoms with Crippen molar-refractivity contribution in [2.75, 3.05) is 46.9 Å². The SMILES string of the molecule is COCCC[n+]1c(C)c(C)n2c1N=C1C2C(=O)N(CCN2CCCCC2)C(=O)N1C. The lowest BCUT2D eigenvalue weighted by atomic mass is 10.1. The standard InChI is InChI=1S/C21H33N6O3/c1-15-16(2)27-17-18(22-20(27)25(15)11-8-14-30-4)23(3)21(29)26(19(17)28)13-12-24-9-6-5-7-10-24/h17H,5-14H2,1-4H3/q+1. The summed E-state index contributed by atoms with van der Waals surface area (Å²) in [5, 5.41) is 0. The molecule has 2 saturated heterocycles. The van der Waals surface area contributed by atoms with E-state index in [1.165, 1.54) is 24.2 Å². The number of carbonyl (C=O) groups excluding carboxylic acids is 2. The van der Waals surface area contributed by atoms with Crippen molar-refractivity contribution in [2.24, 2.45) is 4.99 Å². The highest BCUT2D eigenvalue weighted by Crippen LogP contribution is 2.35. The highest BCUT2D eigenvalue weighted by atomic mass is 16.5. The maximum absolute atomic E-state index is 13.5. The fourth-order valence-electron chi connectivity index (χ4n) is 4.77. The van der Waals surface area contributed by atoms with Crippen LogP contribution in [0.4, 0.5) is 10.7 Å². The maximum Gasteiger partial charge on any atom is 0.402 e. The first-order chi connectivity index (χ1) is 14.5. The summed E-state index contributed by atoms with van der Waals surface area (Å²) >= 11 is 0. The number of amidine groups is 1. The highest BCUT2D eigenvalue weighted by molar-refractivity contribution is 6.20. The summed E-state index contributed by atoms with van der Waals surface area (Å²) in [6.07, 6.45) is 4.51. The zero-order valence-electron chi connectivity index (χ0n) is 18.6. The Hall–Kier alpha value is -2.26. The predicted octanol–water partition coefficient (Wildman–Crippen LogP) is 1.39. The van der Waals surface area contributed by atoms with Crippen LogP contribution in [0.3, 0.4) is 0 Å². The minimum absolute atomic E-state index is 0.172. The Labute approximate surface area is 177 Å². The van der Waals surface area contributed by atoms with Crippen molar-refractivity contribution < 1.29 is 18.9 Å². The van der Waals surface area contributed by atoms with Gasteiger partial charge in [-0.15, -0.1) is 0 Å². The van der Waals surface area contributed by atoms with Gasteiger partial charge in [-0.1, -0.05) is 11.4 Å². The van der Waals surface area contributed by atoms with E-state index in [1.54, 1.807) is 19.1 Å². The number of methoxy groups -OCH3 is 1. The summed E-state index contributed by atoms with van der Waals surface area (Å²) < 4.78 is 9.31. The number of urea groups is 1. The van der Waals surface area contributed by atoms with E-state index in [0.717, 1.165) is 49.9 Å². The Morgan fingerprint density at radius 1 is 1.13 bits per heavy atom. The molecule has 0 radical (unpaired) electrons. The fourth-order valence-corrected chi connectivity index (χ4v) is 4.77. The lowest BCUT2D eigenvalue weighted by Crippen LogP contribution is -2.59. The molecule has 3 amide bonds. The first-order valence-corrected chi connectivity index (χ1v) is 11.0. The van der Waals surface area contributed by atoms with E-state index in [9.17, 15) is 9.59 Å². The van der Waals surface area contributed by atoms with Crippen molar-refractivity contribution in [3.63, 3.8) is 0 Å². The number of fused-ring (bicyclic) bond motifs is 3. The third kappa shape index (κ3) is 3.43. The number of carbonyl (C=O) groups is 2. The van der Waals surface area contributed by atoms with E-state index in [0.29, 0.717) is 19.0 Å². The van der Waals surface area contributed by atoms with Crippen LogP contribution in [0.2, 0.25) is 0 Å². The van der Waals surface area contributed by atoms with E-state index in [1.807, 2.05) is 11.5 Å². The van der Waals surface area contributed by atoms with Crippen LogP contribution >= 0.6 is 0 Å². The minimum Gasteiger partial charge on any atom is -0.385 e. The molecule has 0 spiro atoms. The zero-order valence-corrected chi connectivity index (χ0v) is 18.6. The molecule has 2 fully saturated rings. The normalized spacial score (nSPS) is 21.9. The number of hydrogen-bond donors (Lipinski definition) is 0. The van der Waals surface area contributed by atoms with E-state index >= 15 is 0 Å². The maximum atomic E-state index is 13.5. The van der Waals surface area contributed by atoms with Crippen LogP contribution in [-0.4, -0.2) is 84.0 Å². The molecule has 0 aliphatic carbocycles. The van der Waals surface area contributed by atoms with Gasteiger partial charge >= 0.3 is 12.0 Å². The van der Waals surface area contributed by atoms with Gasteiger partial charge in [0.05, 0.1) is 6.54 Å². The molecule has 30 heavy (non-hydrogen) atoms. The van der Waals surface area contributed by atoms with Crippen LogP contribution in [0.5, 0.6) is 0 Å². The molecule has 0 N–H and O–H groups in total. The molecule has 0 aromatic carbocycles. The second-order valence-electron chi connectivity index (χ2n) is 8.45. The van der Waals surface area contributed by atoms with Gasteiger partial charge in [0.2, 0.25) is 11.9 Å². The Kier molecular flexibility index (Phi) is 5.92. The Morgan fingerprint density at radius 3 is 2.57 bits per heavy atom. The van der Waals surface area contributed by atoms with Gasteiger partial charge in [-0.25, -0.2) is 13.9 Å². The molecule has 3 aliphatic heterocycles. The van der Waals surface area contributed by atoms with Crippen molar-refractivity contribution in [1.82, 2.24) is 19.3 Å². The topological polar surface area (TPSA) is 74.3 Å². The van der Waals surface area contributed by atoms with Crippen molar-refractivity contribution in [2.45, 2.75) is 52.1 Å². The molecule has 1 atom stereocenters. The van der Waals surface area contributed by atoms with Crippen LogP contribution in [0, 0.1) is 13.8 Å². The smallest absolute Gasteiger partial charge is 0.385 e. The zero-order chi connectivity index (χ0) is 21.4. The van der Waals surface area contributed by atoms with Crippen molar-refractivity contribution in [3.05, 3.63) is 11.4 Å². The van der Waals surface area contributed by atoms with Crippen LogP contribution in [0.15, 0.2) is 4.99 Å². The molecule has 0 bridgehead atoms. The summed E-state index contributed by atoms with van der Waals surface area (Å²) in [4.78, 5) is 36.5. The number of amides is 3. The number of imide groups is 1. The molecule has 164 valence electrons. The largest absolute Gasteiger partial charge is 0.402 e. The van der Waals surface area contributed by atoms with Gasteiger partial charge in [0, 0.05) is 40.3 Å². The number of aromatic nitrogens is 2. The number of ether oxygens (including phenoxy) is 1. The van der Waals surface area contributed by atoms with Gasteiger partial charge in [-0.05, 0) is 39.8 Å². The lowest BCUT2D eigenvalue weighted by molar-refractivity contribution is -0.689. The number of piperidine rings is 1. The third-order valence-electron chi connectivity index (χ3n) is 6.64. The van der Waals surface area contributed by atoms with E-state index in [4.69, 9.17) is 9.73 Å². The van der Waals surface area contributed by atoms with Crippen LogP contribution in [0.1, 0.15) is 43.1 Å². The van der Waals surface area contributed by atoms with Crippen molar-refractivity contribution in [3.8, 4) is 0 Å². The second-order valence-corrected chi connectivity index (χ2v) is 8.45. The average molecular weight is 418 g/mol. The monoisotopic (exact) mass is 417 g/mol. The number of rotatable bonds is 7. The van der Waals surface area contributed by atoms with E-state index in [-0.39, 0.29) is 11.9 Å². The van der Waals surface area contributed by atoms with Crippen LogP contribution < -0.4 is 4.57 Å². The molecular weight excluding hydrogens is 384 g/mol. The molecule has 1 unspecified atom stereocenters. The predicted molar refractivity (Wildman–Crippen MR) is 112 cm³/mol. The third-order valence-corrected chi connectivity index (χ3v) is 6.64. The quantitative estimate of drug-likeness (QED) is 0.496. The van der Waals surface area contributed by atoms with Crippen molar-refractivity contribution >= 4 is 23.7 Å². The Bertz CT molecular complexity index is 871. The molecule has 1 aromatic heterocycles. The van der Waals surface area contributed by atoms with E-state index < -0.39 is 6.04 Å². The van der Waals surface area contributed by atoms with Gasteiger partial charge in [0.25, 0.3) is 5.91 Å². The summed E-state index contributed by atoms with van der Waals surface area (Å²) in [7, 11) is 3.41. The van der Waals surface area contributed by atoms with Gasteiger partial charge in [-0.3, -0.25) is 14.6 Å². The fraction of sp³-hybridized carbons (Fsp3) is 0.714. The van der Waals surface area contributed by atoms with Gasteiger partial charge in [0.1, 0.15) is 11.4 Å². The lowest BCUT2D eigenvalue weighted by Gasteiger charge is -2.35.